The number of carbonyl (C=O) groups is 2. The van der Waals surface area contributed by atoms with Gasteiger partial charge in [0, 0.05) is 12.8 Å². The number of allylic oxidation sites excluding steroid dienone is 3. The zero-order valence-electron chi connectivity index (χ0n) is 45.9. The van der Waals surface area contributed by atoms with Crippen LogP contribution in [0.3, 0.4) is 0 Å². The van der Waals surface area contributed by atoms with Crippen molar-refractivity contribution >= 4 is 11.9 Å². The van der Waals surface area contributed by atoms with Crippen LogP contribution in [0.5, 0.6) is 0 Å². The quantitative estimate of drug-likeness (QED) is 0.0321. The van der Waals surface area contributed by atoms with Crippen LogP contribution < -0.4 is 5.32 Å². The van der Waals surface area contributed by atoms with E-state index in [0.29, 0.717) is 19.4 Å². The first kappa shape index (κ1) is 66.3. The third-order valence-electron chi connectivity index (χ3n) is 14.2. The highest BCUT2D eigenvalue weighted by molar-refractivity contribution is 5.76. The largest absolute Gasteiger partial charge is 0.466 e. The highest BCUT2D eigenvalue weighted by Crippen LogP contribution is 2.17. The molecule has 0 fully saturated rings. The average Bonchev–Trinajstić information content (AvgIpc) is 3.34. The number of rotatable bonds is 57. The number of hydrogen-bond donors (Lipinski definition) is 3. The molecule has 0 aliphatic carbocycles. The van der Waals surface area contributed by atoms with Crippen LogP contribution >= 0.6 is 0 Å². The predicted molar refractivity (Wildman–Crippen MR) is 296 cm³/mol. The van der Waals surface area contributed by atoms with Gasteiger partial charge in [0.1, 0.15) is 0 Å². The smallest absolute Gasteiger partial charge is 0.305 e. The molecule has 0 aliphatic heterocycles. The van der Waals surface area contributed by atoms with E-state index in [1.165, 1.54) is 263 Å². The fourth-order valence-electron chi connectivity index (χ4n) is 9.51. The Bertz CT molecular complexity index is 1060. The molecule has 0 bridgehead atoms. The van der Waals surface area contributed by atoms with Crippen LogP contribution in [0.15, 0.2) is 24.3 Å². The fourth-order valence-corrected chi connectivity index (χ4v) is 9.51. The molecule has 1 amide bonds. The number of nitrogens with one attached hydrogen (secondary N) is 1. The Morgan fingerprint density at radius 3 is 1.04 bits per heavy atom. The molecule has 0 saturated heterocycles. The number of hydrogen-bond acceptors (Lipinski definition) is 5. The number of carbonyl (C=O) groups excluding carboxylic acids is 2. The molecule has 3 N–H and O–H groups in total. The maximum Gasteiger partial charge on any atom is 0.305 e. The summed E-state index contributed by atoms with van der Waals surface area (Å²) in [5.74, 6) is -0.0735. The van der Waals surface area contributed by atoms with Crippen LogP contribution in [0.4, 0.5) is 0 Å². The number of amides is 1. The van der Waals surface area contributed by atoms with E-state index >= 15 is 0 Å². The number of esters is 1. The second-order valence-corrected chi connectivity index (χ2v) is 21.0. The minimum atomic E-state index is -0.848. The van der Waals surface area contributed by atoms with Crippen molar-refractivity contribution in [2.75, 3.05) is 13.2 Å². The monoisotopic (exact) mass is 958 g/mol. The van der Waals surface area contributed by atoms with Crippen molar-refractivity contribution in [3.05, 3.63) is 24.3 Å². The predicted octanol–water partition coefficient (Wildman–Crippen LogP) is 19.0. The Balaban J connectivity index is 3.44. The van der Waals surface area contributed by atoms with Gasteiger partial charge in [0.25, 0.3) is 0 Å². The van der Waals surface area contributed by atoms with E-state index in [2.05, 4.69) is 31.3 Å². The van der Waals surface area contributed by atoms with Crippen molar-refractivity contribution in [1.29, 1.82) is 0 Å². The molecule has 0 heterocycles. The molecule has 0 aromatic heterocycles. The molecule has 0 aromatic rings. The lowest BCUT2D eigenvalue weighted by molar-refractivity contribution is -0.143. The SMILES string of the molecule is CCCCCCCCC/C=C\CCCCCCCC(=O)OCCCCCCCCCCCCCCCCCCCC(=O)NC(CO)C(O)/C=C/CCCCCCCCCCCCCCCCCC. The van der Waals surface area contributed by atoms with Gasteiger partial charge in [-0.3, -0.25) is 9.59 Å². The summed E-state index contributed by atoms with van der Waals surface area (Å²) in [6.07, 6.45) is 70.6. The third kappa shape index (κ3) is 53.7. The minimum absolute atomic E-state index is 0.00244. The molecule has 402 valence electrons. The van der Waals surface area contributed by atoms with Gasteiger partial charge in [-0.25, -0.2) is 0 Å². The summed E-state index contributed by atoms with van der Waals surface area (Å²) >= 11 is 0. The first-order valence-corrected chi connectivity index (χ1v) is 30.6. The van der Waals surface area contributed by atoms with Crippen LogP contribution in [0.1, 0.15) is 335 Å². The zero-order valence-corrected chi connectivity index (χ0v) is 45.9. The van der Waals surface area contributed by atoms with Crippen LogP contribution in [0.25, 0.3) is 0 Å². The van der Waals surface area contributed by atoms with Crippen molar-refractivity contribution in [3.8, 4) is 0 Å². The number of aliphatic hydroxyl groups excluding tert-OH is 2. The van der Waals surface area contributed by atoms with E-state index in [1.807, 2.05) is 6.08 Å². The highest BCUT2D eigenvalue weighted by Gasteiger charge is 2.18. The van der Waals surface area contributed by atoms with Crippen molar-refractivity contribution in [2.45, 2.75) is 347 Å². The average molecular weight is 959 g/mol. The Labute approximate surface area is 424 Å². The van der Waals surface area contributed by atoms with Gasteiger partial charge in [0.05, 0.1) is 25.4 Å². The van der Waals surface area contributed by atoms with Crippen LogP contribution in [-0.2, 0) is 14.3 Å². The molecule has 0 aliphatic rings. The summed E-state index contributed by atoms with van der Waals surface area (Å²) in [5, 5.41) is 23.2. The molecule has 0 spiro atoms. The van der Waals surface area contributed by atoms with Gasteiger partial charge in [-0.15, -0.1) is 0 Å². The molecule has 0 aromatic carbocycles. The molecular formula is C62H119NO5. The topological polar surface area (TPSA) is 95.9 Å². The summed E-state index contributed by atoms with van der Waals surface area (Å²) in [6.45, 7) is 4.91. The van der Waals surface area contributed by atoms with Gasteiger partial charge in [0.2, 0.25) is 5.91 Å². The van der Waals surface area contributed by atoms with E-state index in [0.717, 1.165) is 44.9 Å². The molecule has 6 nitrogen and oxygen atoms in total. The first-order valence-electron chi connectivity index (χ1n) is 30.6. The number of aliphatic hydroxyl groups is 2. The lowest BCUT2D eigenvalue weighted by Gasteiger charge is -2.20. The van der Waals surface area contributed by atoms with E-state index in [1.54, 1.807) is 6.08 Å². The van der Waals surface area contributed by atoms with Gasteiger partial charge < -0.3 is 20.3 Å². The van der Waals surface area contributed by atoms with Crippen molar-refractivity contribution < 1.29 is 24.5 Å². The van der Waals surface area contributed by atoms with Crippen molar-refractivity contribution in [1.82, 2.24) is 5.32 Å². The van der Waals surface area contributed by atoms with Gasteiger partial charge >= 0.3 is 5.97 Å². The second kappa shape index (κ2) is 57.9. The molecule has 2 atom stereocenters. The van der Waals surface area contributed by atoms with Gasteiger partial charge in [-0.05, 0) is 57.8 Å². The lowest BCUT2D eigenvalue weighted by Crippen LogP contribution is -2.45. The van der Waals surface area contributed by atoms with E-state index in [4.69, 9.17) is 4.74 Å². The lowest BCUT2D eigenvalue weighted by atomic mass is 10.0. The van der Waals surface area contributed by atoms with Crippen LogP contribution in [-0.4, -0.2) is 47.4 Å². The molecular weight excluding hydrogens is 839 g/mol. The Morgan fingerprint density at radius 1 is 0.397 bits per heavy atom. The maximum absolute atomic E-state index is 12.5. The van der Waals surface area contributed by atoms with E-state index in [-0.39, 0.29) is 18.5 Å². The normalized spacial score (nSPS) is 12.7. The molecule has 0 radical (unpaired) electrons. The molecule has 68 heavy (non-hydrogen) atoms. The van der Waals surface area contributed by atoms with Crippen LogP contribution in [0, 0.1) is 0 Å². The summed E-state index contributed by atoms with van der Waals surface area (Å²) < 4.78 is 5.48. The molecule has 2 unspecified atom stereocenters. The van der Waals surface area contributed by atoms with Crippen molar-refractivity contribution in [3.63, 3.8) is 0 Å². The summed E-state index contributed by atoms with van der Waals surface area (Å²) in [4.78, 5) is 24.5. The molecule has 0 rings (SSSR count). The van der Waals surface area contributed by atoms with Crippen molar-refractivity contribution in [2.24, 2.45) is 0 Å². The standard InChI is InChI=1S/C62H119NO5/c1-3-5-7-9-11-13-15-17-19-21-23-26-30-34-38-42-46-50-54-60(65)59(58-64)63-61(66)55-51-47-43-39-35-31-27-24-22-25-29-33-37-41-45-49-53-57-68-62(67)56-52-48-44-40-36-32-28-20-18-16-14-12-10-8-6-4-2/h20,28,50,54,59-60,64-65H,3-19,21-27,29-49,51-53,55-58H2,1-2H3,(H,63,66)/b28-20-,54-50+. The number of unbranched alkanes of at least 4 members (excludes halogenated alkanes) is 44. The molecule has 0 saturated carbocycles. The second-order valence-electron chi connectivity index (χ2n) is 21.0. The zero-order chi connectivity index (χ0) is 49.3. The number of ether oxygens (including phenoxy) is 1. The van der Waals surface area contributed by atoms with Gasteiger partial charge in [-0.2, -0.15) is 0 Å². The highest BCUT2D eigenvalue weighted by atomic mass is 16.5. The van der Waals surface area contributed by atoms with Crippen LogP contribution in [0.2, 0.25) is 0 Å². The summed E-state index contributed by atoms with van der Waals surface area (Å²) in [5.41, 5.74) is 0. The third-order valence-corrected chi connectivity index (χ3v) is 14.2. The summed E-state index contributed by atoms with van der Waals surface area (Å²) in [7, 11) is 0. The van der Waals surface area contributed by atoms with E-state index < -0.39 is 12.1 Å². The Kier molecular flexibility index (Phi) is 56.5. The summed E-state index contributed by atoms with van der Waals surface area (Å²) in [6, 6.07) is -0.632. The van der Waals surface area contributed by atoms with E-state index in [9.17, 15) is 19.8 Å². The maximum atomic E-state index is 12.5. The Hall–Kier alpha value is -1.66. The first-order chi connectivity index (χ1) is 33.5. The van der Waals surface area contributed by atoms with Gasteiger partial charge in [-0.1, -0.05) is 289 Å². The minimum Gasteiger partial charge on any atom is -0.466 e. The Morgan fingerprint density at radius 2 is 0.691 bits per heavy atom. The molecule has 6 heteroatoms. The van der Waals surface area contributed by atoms with Gasteiger partial charge in [0.15, 0.2) is 0 Å². The fraction of sp³-hybridized carbons (Fsp3) is 0.903.